The van der Waals surface area contributed by atoms with E-state index < -0.39 is 35.8 Å². The Kier molecular flexibility index (Phi) is 4.07. The number of nitrogens with zero attached hydrogens (tertiary/aromatic N) is 1. The van der Waals surface area contributed by atoms with Crippen LogP contribution in [0.5, 0.6) is 0 Å². The van der Waals surface area contributed by atoms with Crippen LogP contribution < -0.4 is 5.32 Å². The number of hydrogen-bond acceptors (Lipinski definition) is 4. The third kappa shape index (κ3) is 2.18. The van der Waals surface area contributed by atoms with Crippen LogP contribution in [0, 0.1) is 0 Å². The second kappa shape index (κ2) is 5.67. The summed E-state index contributed by atoms with van der Waals surface area (Å²) in [6.07, 6.45) is -0.793. The van der Waals surface area contributed by atoms with Crippen LogP contribution in [-0.4, -0.2) is 34.3 Å². The summed E-state index contributed by atoms with van der Waals surface area (Å²) in [4.78, 5) is 47.4. The van der Waals surface area contributed by atoms with E-state index in [9.17, 15) is 23.6 Å². The molecule has 2 aliphatic rings. The molecule has 2 aliphatic heterocycles. The highest BCUT2D eigenvalue weighted by Gasteiger charge is 2.56. The second-order valence-corrected chi connectivity index (χ2v) is 4.63. The molecular weight excluding hydrogens is 291 g/mol. The molecule has 3 rings (SSSR count). The van der Waals surface area contributed by atoms with Crippen LogP contribution in [0.25, 0.3) is 0 Å². The SMILES string of the molecule is CC.O=C1CC[C@](F)(N2C(=O)c3ccccc3C2=O)C(=O)N1. The van der Waals surface area contributed by atoms with Crippen molar-refractivity contribution in [2.24, 2.45) is 0 Å². The number of amides is 4. The molecule has 1 aromatic carbocycles. The topological polar surface area (TPSA) is 83.6 Å². The molecule has 116 valence electrons. The standard InChI is InChI=1S/C13H9FN2O4.C2H6/c14-13(6-5-9(17)15-12(13)20)16-10(18)7-3-1-2-4-8(7)11(16)19;1-2/h1-4H,5-6H2,(H,15,17,20);1-2H3/t13-;/m0./s1. The van der Waals surface area contributed by atoms with Gasteiger partial charge in [-0.3, -0.25) is 24.5 Å². The summed E-state index contributed by atoms with van der Waals surface area (Å²) in [6.45, 7) is 4.00. The normalized spacial score (nSPS) is 23.7. The van der Waals surface area contributed by atoms with Crippen molar-refractivity contribution in [1.82, 2.24) is 10.2 Å². The zero-order valence-electron chi connectivity index (χ0n) is 12.2. The minimum Gasteiger partial charge on any atom is -0.292 e. The summed E-state index contributed by atoms with van der Waals surface area (Å²) in [5, 5.41) is 1.82. The molecule has 1 saturated heterocycles. The van der Waals surface area contributed by atoms with Gasteiger partial charge in [-0.15, -0.1) is 0 Å². The number of carbonyl (C=O) groups is 4. The van der Waals surface area contributed by atoms with Gasteiger partial charge in [-0.2, -0.15) is 0 Å². The average Bonchev–Trinajstić information content (AvgIpc) is 2.78. The molecule has 0 radical (unpaired) electrons. The fourth-order valence-electron chi connectivity index (χ4n) is 2.40. The Morgan fingerprint density at radius 1 is 1.05 bits per heavy atom. The van der Waals surface area contributed by atoms with E-state index in [4.69, 9.17) is 0 Å². The van der Waals surface area contributed by atoms with Crippen LogP contribution >= 0.6 is 0 Å². The lowest BCUT2D eigenvalue weighted by molar-refractivity contribution is -0.151. The number of hydrogen-bond donors (Lipinski definition) is 1. The molecule has 0 aliphatic carbocycles. The molecule has 0 aromatic heterocycles. The summed E-state index contributed by atoms with van der Waals surface area (Å²) >= 11 is 0. The first-order valence-corrected chi connectivity index (χ1v) is 6.96. The molecule has 6 nitrogen and oxygen atoms in total. The Morgan fingerprint density at radius 2 is 1.55 bits per heavy atom. The summed E-state index contributed by atoms with van der Waals surface area (Å²) in [5.41, 5.74) is 0.110. The highest BCUT2D eigenvalue weighted by molar-refractivity contribution is 6.23. The molecule has 1 aromatic rings. The van der Waals surface area contributed by atoms with E-state index in [0.717, 1.165) is 0 Å². The molecule has 4 amide bonds. The van der Waals surface area contributed by atoms with Crippen molar-refractivity contribution >= 4 is 23.6 Å². The van der Waals surface area contributed by atoms with Crippen LogP contribution in [0.2, 0.25) is 0 Å². The van der Waals surface area contributed by atoms with Gasteiger partial charge >= 0.3 is 0 Å². The van der Waals surface area contributed by atoms with Crippen LogP contribution in [0.1, 0.15) is 47.4 Å². The van der Waals surface area contributed by atoms with E-state index in [1.165, 1.54) is 12.1 Å². The van der Waals surface area contributed by atoms with Gasteiger partial charge in [0.1, 0.15) is 0 Å². The van der Waals surface area contributed by atoms with Crippen molar-refractivity contribution < 1.29 is 23.6 Å². The molecule has 0 spiro atoms. The molecule has 2 heterocycles. The first kappa shape index (κ1) is 15.8. The van der Waals surface area contributed by atoms with Crippen LogP contribution in [0.15, 0.2) is 24.3 Å². The van der Waals surface area contributed by atoms with Crippen molar-refractivity contribution in [1.29, 1.82) is 0 Å². The maximum absolute atomic E-state index is 14.8. The lowest BCUT2D eigenvalue weighted by Gasteiger charge is -2.33. The van der Waals surface area contributed by atoms with Gasteiger partial charge < -0.3 is 0 Å². The number of piperidine rings is 1. The number of alkyl halides is 1. The zero-order valence-corrected chi connectivity index (χ0v) is 12.2. The predicted molar refractivity (Wildman–Crippen MR) is 74.5 cm³/mol. The molecule has 0 unspecified atom stereocenters. The predicted octanol–water partition coefficient (Wildman–Crippen LogP) is 1.41. The molecule has 1 atom stereocenters. The monoisotopic (exact) mass is 306 g/mol. The van der Waals surface area contributed by atoms with Crippen LogP contribution in [-0.2, 0) is 9.59 Å². The van der Waals surface area contributed by atoms with Crippen molar-refractivity contribution in [3.05, 3.63) is 35.4 Å². The highest BCUT2D eigenvalue weighted by Crippen LogP contribution is 2.35. The molecule has 1 fully saturated rings. The fraction of sp³-hybridized carbons (Fsp3) is 0.333. The van der Waals surface area contributed by atoms with Crippen molar-refractivity contribution in [3.8, 4) is 0 Å². The van der Waals surface area contributed by atoms with Crippen LogP contribution in [0.3, 0.4) is 0 Å². The first-order chi connectivity index (χ1) is 10.4. The molecule has 22 heavy (non-hydrogen) atoms. The summed E-state index contributed by atoms with van der Waals surface area (Å²) in [6, 6.07) is 5.88. The Morgan fingerprint density at radius 3 is 2.00 bits per heavy atom. The first-order valence-electron chi connectivity index (χ1n) is 6.96. The Bertz CT molecular complexity index is 638. The van der Waals surface area contributed by atoms with E-state index in [0.29, 0.717) is 4.90 Å². The smallest absolute Gasteiger partial charge is 0.285 e. The number of imide groups is 2. The molecule has 7 heteroatoms. The maximum Gasteiger partial charge on any atom is 0.285 e. The van der Waals surface area contributed by atoms with Gasteiger partial charge in [-0.1, -0.05) is 26.0 Å². The minimum absolute atomic E-state index is 0.0548. The quantitative estimate of drug-likeness (QED) is 0.628. The number of carbonyl (C=O) groups excluding carboxylic acids is 4. The van der Waals surface area contributed by atoms with E-state index in [1.54, 1.807) is 12.1 Å². The largest absolute Gasteiger partial charge is 0.292 e. The number of nitrogens with one attached hydrogen (secondary N) is 1. The second-order valence-electron chi connectivity index (χ2n) is 4.63. The summed E-state index contributed by atoms with van der Waals surface area (Å²) in [5.74, 6) is -6.44. The maximum atomic E-state index is 14.8. The van der Waals surface area contributed by atoms with E-state index in [1.807, 2.05) is 19.2 Å². The lowest BCUT2D eigenvalue weighted by Crippen LogP contribution is -2.61. The number of benzene rings is 1. The van der Waals surface area contributed by atoms with Crippen molar-refractivity contribution in [2.45, 2.75) is 32.5 Å². The minimum atomic E-state index is -2.82. The van der Waals surface area contributed by atoms with Gasteiger partial charge in [0.05, 0.1) is 11.1 Å². The zero-order chi connectivity index (χ0) is 16.5. The van der Waals surface area contributed by atoms with Gasteiger partial charge in [0, 0.05) is 12.8 Å². The molecule has 0 saturated carbocycles. The van der Waals surface area contributed by atoms with E-state index >= 15 is 0 Å². The van der Waals surface area contributed by atoms with Gasteiger partial charge in [0.2, 0.25) is 5.91 Å². The number of rotatable bonds is 1. The van der Waals surface area contributed by atoms with Crippen molar-refractivity contribution in [3.63, 3.8) is 0 Å². The van der Waals surface area contributed by atoms with Crippen molar-refractivity contribution in [2.75, 3.05) is 0 Å². The van der Waals surface area contributed by atoms with E-state index in [-0.39, 0.29) is 17.5 Å². The number of halogens is 1. The van der Waals surface area contributed by atoms with E-state index in [2.05, 4.69) is 0 Å². The van der Waals surface area contributed by atoms with Crippen LogP contribution in [0.4, 0.5) is 4.39 Å². The highest BCUT2D eigenvalue weighted by atomic mass is 19.1. The Hall–Kier alpha value is -2.57. The molecular formula is C15H15FN2O4. The lowest BCUT2D eigenvalue weighted by atomic mass is 10.0. The fourth-order valence-corrected chi connectivity index (χ4v) is 2.40. The molecule has 0 bridgehead atoms. The third-order valence-corrected chi connectivity index (χ3v) is 3.43. The summed E-state index contributed by atoms with van der Waals surface area (Å²) in [7, 11) is 0. The Labute approximate surface area is 126 Å². The average molecular weight is 306 g/mol. The third-order valence-electron chi connectivity index (χ3n) is 3.43. The van der Waals surface area contributed by atoms with Gasteiger partial charge in [-0.25, -0.2) is 9.29 Å². The summed E-state index contributed by atoms with van der Waals surface area (Å²) < 4.78 is 14.8. The van der Waals surface area contributed by atoms with Gasteiger partial charge in [-0.05, 0) is 12.1 Å². The Balaban J connectivity index is 0.000000847. The molecule has 1 N–H and O–H groups in total. The van der Waals surface area contributed by atoms with Gasteiger partial charge in [0.15, 0.2) is 0 Å². The number of fused-ring (bicyclic) bond motifs is 1. The van der Waals surface area contributed by atoms with Gasteiger partial charge in [0.25, 0.3) is 23.5 Å².